The summed E-state index contributed by atoms with van der Waals surface area (Å²) in [6, 6.07) is 18.5. The van der Waals surface area contributed by atoms with E-state index in [4.69, 9.17) is 4.74 Å². The van der Waals surface area contributed by atoms with E-state index in [0.717, 1.165) is 24.2 Å². The summed E-state index contributed by atoms with van der Waals surface area (Å²) in [6.45, 7) is 1.28. The Morgan fingerprint density at radius 1 is 1.09 bits per heavy atom. The topological polar surface area (TPSA) is 50.4 Å². The van der Waals surface area contributed by atoms with Gasteiger partial charge in [-0.05, 0) is 23.3 Å². The molecule has 4 nitrogen and oxygen atoms in total. The van der Waals surface area contributed by atoms with Crippen LogP contribution in [0.25, 0.3) is 0 Å². The van der Waals surface area contributed by atoms with Gasteiger partial charge in [0.05, 0.1) is 12.6 Å². The van der Waals surface area contributed by atoms with Gasteiger partial charge in [-0.15, -0.1) is 12.4 Å². The fourth-order valence-electron chi connectivity index (χ4n) is 2.41. The average molecular weight is 319 g/mol. The first-order chi connectivity index (χ1) is 10.3. The van der Waals surface area contributed by atoms with Gasteiger partial charge < -0.3 is 15.4 Å². The van der Waals surface area contributed by atoms with Crippen LogP contribution in [0.4, 0.5) is 10.5 Å². The Hall–Kier alpha value is -2.20. The van der Waals surface area contributed by atoms with E-state index in [1.54, 1.807) is 0 Å². The Kier molecular flexibility index (Phi) is 5.67. The van der Waals surface area contributed by atoms with Crippen LogP contribution >= 0.6 is 12.4 Å². The monoisotopic (exact) mass is 318 g/mol. The van der Waals surface area contributed by atoms with E-state index in [2.05, 4.69) is 22.8 Å². The zero-order valence-electron chi connectivity index (χ0n) is 12.1. The normalized spacial score (nSPS) is 16.9. The molecule has 1 fully saturated rings. The number of hydrogen-bond acceptors (Lipinski definition) is 3. The van der Waals surface area contributed by atoms with Crippen molar-refractivity contribution in [2.75, 3.05) is 11.9 Å². The van der Waals surface area contributed by atoms with Crippen LogP contribution in [0.15, 0.2) is 54.6 Å². The minimum Gasteiger partial charge on any atom is -0.449 e. The largest absolute Gasteiger partial charge is 0.449 e. The molecular weight excluding hydrogens is 300 g/mol. The first-order valence-corrected chi connectivity index (χ1v) is 7.12. The quantitative estimate of drug-likeness (QED) is 0.899. The van der Waals surface area contributed by atoms with Crippen molar-refractivity contribution in [1.82, 2.24) is 5.32 Å². The van der Waals surface area contributed by atoms with Crippen LogP contribution in [0.3, 0.4) is 0 Å². The summed E-state index contributed by atoms with van der Waals surface area (Å²) < 4.78 is 4.88. The molecule has 0 unspecified atom stereocenters. The van der Waals surface area contributed by atoms with Crippen molar-refractivity contribution in [3.05, 3.63) is 65.7 Å². The van der Waals surface area contributed by atoms with E-state index >= 15 is 0 Å². The maximum atomic E-state index is 11.2. The fraction of sp³-hybridized carbons (Fsp3) is 0.235. The second-order valence-corrected chi connectivity index (χ2v) is 5.08. The number of hydrogen-bond donors (Lipinski definition) is 2. The zero-order chi connectivity index (χ0) is 14.5. The lowest BCUT2D eigenvalue weighted by molar-refractivity contribution is 0.115. The summed E-state index contributed by atoms with van der Waals surface area (Å²) in [7, 11) is 0. The molecular formula is C17H19ClN2O2. The molecule has 1 atom stereocenters. The summed E-state index contributed by atoms with van der Waals surface area (Å²) in [4.78, 5) is 11.2. The van der Waals surface area contributed by atoms with Crippen molar-refractivity contribution >= 4 is 24.2 Å². The van der Waals surface area contributed by atoms with Gasteiger partial charge in [-0.3, -0.25) is 0 Å². The van der Waals surface area contributed by atoms with Gasteiger partial charge in [0.1, 0.15) is 0 Å². The maximum absolute atomic E-state index is 11.2. The van der Waals surface area contributed by atoms with Crippen LogP contribution in [0.2, 0.25) is 0 Å². The van der Waals surface area contributed by atoms with Gasteiger partial charge in [0.2, 0.25) is 0 Å². The number of carbonyl (C=O) groups excluding carboxylic acids is 1. The van der Waals surface area contributed by atoms with Crippen molar-refractivity contribution < 1.29 is 9.53 Å². The number of benzene rings is 2. The highest BCUT2D eigenvalue weighted by Crippen LogP contribution is 2.22. The van der Waals surface area contributed by atoms with Crippen LogP contribution in [-0.4, -0.2) is 12.7 Å². The van der Waals surface area contributed by atoms with Gasteiger partial charge in [-0.1, -0.05) is 42.5 Å². The molecule has 2 aromatic rings. The van der Waals surface area contributed by atoms with E-state index in [1.807, 2.05) is 42.5 Å². The molecule has 1 aliphatic heterocycles. The first-order valence-electron chi connectivity index (χ1n) is 7.12. The van der Waals surface area contributed by atoms with E-state index in [0.29, 0.717) is 6.61 Å². The van der Waals surface area contributed by atoms with Crippen molar-refractivity contribution in [2.24, 2.45) is 0 Å². The molecule has 0 spiro atoms. The number of anilines is 1. The highest BCUT2D eigenvalue weighted by atomic mass is 35.5. The van der Waals surface area contributed by atoms with Crippen molar-refractivity contribution in [2.45, 2.75) is 19.0 Å². The van der Waals surface area contributed by atoms with Crippen molar-refractivity contribution in [1.29, 1.82) is 0 Å². The van der Waals surface area contributed by atoms with Gasteiger partial charge in [0.25, 0.3) is 0 Å². The van der Waals surface area contributed by atoms with Crippen LogP contribution < -0.4 is 10.6 Å². The van der Waals surface area contributed by atoms with Crippen molar-refractivity contribution in [3.63, 3.8) is 0 Å². The van der Waals surface area contributed by atoms with Gasteiger partial charge >= 0.3 is 6.09 Å². The molecule has 116 valence electrons. The third kappa shape index (κ3) is 4.15. The second kappa shape index (κ2) is 7.71. The predicted molar refractivity (Wildman–Crippen MR) is 89.3 cm³/mol. The summed E-state index contributed by atoms with van der Waals surface area (Å²) in [6.07, 6.45) is 0.472. The molecule has 22 heavy (non-hydrogen) atoms. The Balaban J connectivity index is 0.00000176. The molecule has 0 aromatic heterocycles. The molecule has 1 aliphatic rings. The molecule has 3 rings (SSSR count). The fourth-order valence-corrected chi connectivity index (χ4v) is 2.41. The lowest BCUT2D eigenvalue weighted by Gasteiger charge is -2.23. The number of carbonyl (C=O) groups is 1. The Labute approximate surface area is 136 Å². The third-order valence-electron chi connectivity index (χ3n) is 3.58. The molecule has 0 saturated carbocycles. The average Bonchev–Trinajstić information content (AvgIpc) is 2.54. The lowest BCUT2D eigenvalue weighted by atomic mass is 10.0. The molecule has 2 N–H and O–H groups in total. The summed E-state index contributed by atoms with van der Waals surface area (Å²) in [5.74, 6) is 0. The molecule has 1 heterocycles. The van der Waals surface area contributed by atoms with E-state index in [9.17, 15) is 4.79 Å². The smallest absolute Gasteiger partial charge is 0.407 e. The molecule has 5 heteroatoms. The van der Waals surface area contributed by atoms with E-state index < -0.39 is 0 Å². The lowest BCUT2D eigenvalue weighted by Crippen LogP contribution is -2.35. The number of halogens is 1. The minimum atomic E-state index is -0.336. The van der Waals surface area contributed by atoms with Crippen LogP contribution in [-0.2, 0) is 11.3 Å². The molecule has 0 bridgehead atoms. The number of ether oxygens (including phenoxy) is 1. The summed E-state index contributed by atoms with van der Waals surface area (Å²) in [5, 5.41) is 6.22. The maximum Gasteiger partial charge on any atom is 0.407 e. The predicted octanol–water partition coefficient (Wildman–Crippen LogP) is 3.89. The Morgan fingerprint density at radius 2 is 1.82 bits per heavy atom. The number of nitrogens with one attached hydrogen (secondary N) is 2. The minimum absolute atomic E-state index is 0. The number of rotatable bonds is 4. The summed E-state index contributed by atoms with van der Waals surface area (Å²) in [5.41, 5.74) is 3.43. The van der Waals surface area contributed by atoms with Crippen LogP contribution in [0.5, 0.6) is 0 Å². The van der Waals surface area contributed by atoms with E-state index in [1.165, 1.54) is 5.56 Å². The number of cyclic esters (lactones) is 1. The second-order valence-electron chi connectivity index (χ2n) is 5.08. The van der Waals surface area contributed by atoms with Crippen LogP contribution in [0.1, 0.15) is 23.6 Å². The molecule has 1 amide bonds. The third-order valence-corrected chi connectivity index (χ3v) is 3.58. The molecule has 2 aromatic carbocycles. The number of alkyl carbamates (subject to hydrolysis) is 1. The van der Waals surface area contributed by atoms with Crippen molar-refractivity contribution in [3.8, 4) is 0 Å². The standard InChI is InChI=1S/C17H18N2O2.ClH/c20-17-19-16(10-11-21-17)14-6-8-15(9-7-14)18-12-13-4-2-1-3-5-13;/h1-9,16,18H,10-12H2,(H,19,20);1H/t16-;/m1./s1. The summed E-state index contributed by atoms with van der Waals surface area (Å²) >= 11 is 0. The van der Waals surface area contributed by atoms with E-state index in [-0.39, 0.29) is 24.5 Å². The highest BCUT2D eigenvalue weighted by Gasteiger charge is 2.20. The van der Waals surface area contributed by atoms with Gasteiger partial charge in [0, 0.05) is 18.7 Å². The molecule has 1 saturated heterocycles. The van der Waals surface area contributed by atoms with Crippen LogP contribution in [0, 0.1) is 0 Å². The molecule has 0 radical (unpaired) electrons. The molecule has 0 aliphatic carbocycles. The Bertz CT molecular complexity index is 602. The number of amides is 1. The van der Waals surface area contributed by atoms with Gasteiger partial charge in [0.15, 0.2) is 0 Å². The van der Waals surface area contributed by atoms with Gasteiger partial charge in [-0.2, -0.15) is 0 Å². The van der Waals surface area contributed by atoms with Gasteiger partial charge in [-0.25, -0.2) is 4.79 Å². The SMILES string of the molecule is Cl.O=C1N[C@@H](c2ccc(NCc3ccccc3)cc2)CCO1. The first kappa shape index (κ1) is 16.2. The zero-order valence-corrected chi connectivity index (χ0v) is 12.9. The Morgan fingerprint density at radius 3 is 2.50 bits per heavy atom. The highest BCUT2D eigenvalue weighted by molar-refractivity contribution is 5.85.